The van der Waals surface area contributed by atoms with Crippen LogP contribution in [0, 0.1) is 0 Å². The monoisotopic (exact) mass is 802 g/mol. The van der Waals surface area contributed by atoms with Crippen molar-refractivity contribution in [1.29, 1.82) is 0 Å². The molecule has 2 nitrogen and oxygen atoms in total. The van der Waals surface area contributed by atoms with E-state index in [1.54, 1.807) is 0 Å². The summed E-state index contributed by atoms with van der Waals surface area (Å²) in [5, 5.41) is 7.34. The maximum Gasteiger partial charge on any atom is 0.161 e. The van der Waals surface area contributed by atoms with Gasteiger partial charge in [0.2, 0.25) is 0 Å². The number of nitrogens with zero attached hydrogens (tertiary/aromatic N) is 2. The van der Waals surface area contributed by atoms with Crippen LogP contribution in [0.15, 0.2) is 218 Å². The van der Waals surface area contributed by atoms with Crippen LogP contribution < -0.4 is 0 Å². The summed E-state index contributed by atoms with van der Waals surface area (Å²) in [6.07, 6.45) is 0. The van der Waals surface area contributed by atoms with Gasteiger partial charge in [-0.1, -0.05) is 214 Å². The van der Waals surface area contributed by atoms with Gasteiger partial charge < -0.3 is 0 Å². The summed E-state index contributed by atoms with van der Waals surface area (Å²) in [6.45, 7) is 4.73. The molecule has 0 aliphatic heterocycles. The normalized spacial score (nSPS) is 12.7. The van der Waals surface area contributed by atoms with Crippen molar-refractivity contribution in [2.75, 3.05) is 0 Å². The number of hydrogen-bond donors (Lipinski definition) is 0. The Morgan fingerprint density at radius 1 is 0.302 bits per heavy atom. The summed E-state index contributed by atoms with van der Waals surface area (Å²) in [6, 6.07) is 79.0. The van der Waals surface area contributed by atoms with Gasteiger partial charge in [0.15, 0.2) is 5.82 Å². The minimum atomic E-state index is -0.0734. The van der Waals surface area contributed by atoms with Crippen molar-refractivity contribution in [2.45, 2.75) is 19.3 Å². The third-order valence-corrected chi connectivity index (χ3v) is 13.3. The van der Waals surface area contributed by atoms with Gasteiger partial charge in [-0.15, -0.1) is 0 Å². The van der Waals surface area contributed by atoms with E-state index in [1.165, 1.54) is 82.6 Å². The van der Waals surface area contributed by atoms with Gasteiger partial charge in [0.05, 0.1) is 11.4 Å². The highest BCUT2D eigenvalue weighted by Crippen LogP contribution is 2.52. The van der Waals surface area contributed by atoms with Crippen LogP contribution in [0.3, 0.4) is 0 Å². The molecule has 63 heavy (non-hydrogen) atoms. The molecule has 1 aromatic heterocycles. The topological polar surface area (TPSA) is 25.8 Å². The lowest BCUT2D eigenvalue weighted by Gasteiger charge is -2.22. The maximum absolute atomic E-state index is 5.30. The summed E-state index contributed by atoms with van der Waals surface area (Å²) >= 11 is 0. The van der Waals surface area contributed by atoms with Crippen LogP contribution >= 0.6 is 0 Å². The zero-order valence-electron chi connectivity index (χ0n) is 35.2. The van der Waals surface area contributed by atoms with E-state index in [0.717, 1.165) is 33.5 Å². The van der Waals surface area contributed by atoms with E-state index in [2.05, 4.69) is 226 Å². The Balaban J connectivity index is 0.983. The molecule has 0 N–H and O–H groups in total. The molecule has 0 saturated carbocycles. The summed E-state index contributed by atoms with van der Waals surface area (Å²) in [5.41, 5.74) is 17.5. The maximum atomic E-state index is 5.30. The van der Waals surface area contributed by atoms with E-state index in [-0.39, 0.29) is 5.41 Å². The Morgan fingerprint density at radius 3 is 1.40 bits per heavy atom. The van der Waals surface area contributed by atoms with Gasteiger partial charge in [-0.25, -0.2) is 9.97 Å². The predicted molar refractivity (Wildman–Crippen MR) is 265 cm³/mol. The van der Waals surface area contributed by atoms with E-state index in [4.69, 9.17) is 9.97 Å². The van der Waals surface area contributed by atoms with Crippen LogP contribution in [0.2, 0.25) is 0 Å². The molecule has 0 spiro atoms. The molecule has 12 rings (SSSR count). The molecule has 0 bridgehead atoms. The van der Waals surface area contributed by atoms with Crippen molar-refractivity contribution in [3.63, 3.8) is 0 Å². The van der Waals surface area contributed by atoms with Crippen molar-refractivity contribution < 1.29 is 0 Å². The molecule has 1 heterocycles. The Morgan fingerprint density at radius 2 is 0.746 bits per heavy atom. The molecule has 0 radical (unpaired) electrons. The van der Waals surface area contributed by atoms with Gasteiger partial charge in [0.25, 0.3) is 0 Å². The number of fused-ring (bicyclic) bond motifs is 7. The molecule has 0 amide bonds. The number of rotatable bonds is 6. The Kier molecular flexibility index (Phi) is 8.55. The molecule has 0 saturated heterocycles. The number of hydrogen-bond acceptors (Lipinski definition) is 2. The molecule has 1 aliphatic rings. The lowest BCUT2D eigenvalue weighted by Crippen LogP contribution is -2.14. The van der Waals surface area contributed by atoms with Gasteiger partial charge in [0, 0.05) is 22.1 Å². The van der Waals surface area contributed by atoms with Gasteiger partial charge in [-0.3, -0.25) is 0 Å². The van der Waals surface area contributed by atoms with Gasteiger partial charge >= 0.3 is 0 Å². The molecule has 11 aromatic rings. The molecule has 296 valence electrons. The Bertz CT molecular complexity index is 3570. The Hall–Kier alpha value is -7.94. The van der Waals surface area contributed by atoms with E-state index in [0.29, 0.717) is 5.82 Å². The van der Waals surface area contributed by atoms with Crippen LogP contribution in [0.5, 0.6) is 0 Å². The van der Waals surface area contributed by atoms with Crippen LogP contribution in [-0.4, -0.2) is 9.97 Å². The molecule has 10 aromatic carbocycles. The third kappa shape index (κ3) is 6.09. The van der Waals surface area contributed by atoms with E-state index in [1.807, 2.05) is 6.07 Å². The van der Waals surface area contributed by atoms with E-state index < -0.39 is 0 Å². The fraction of sp³-hybridized carbons (Fsp3) is 0.0492. The van der Waals surface area contributed by atoms with Crippen molar-refractivity contribution in [2.24, 2.45) is 0 Å². The first-order valence-electron chi connectivity index (χ1n) is 21.8. The summed E-state index contributed by atoms with van der Waals surface area (Å²) in [4.78, 5) is 10.6. The second-order valence-corrected chi connectivity index (χ2v) is 17.3. The minimum absolute atomic E-state index is 0.0734. The summed E-state index contributed by atoms with van der Waals surface area (Å²) in [5.74, 6) is 0.704. The highest BCUT2D eigenvalue weighted by molar-refractivity contribution is 6.12. The summed E-state index contributed by atoms with van der Waals surface area (Å²) < 4.78 is 0. The quantitative estimate of drug-likeness (QED) is 0.167. The largest absolute Gasteiger partial charge is 0.228 e. The molecule has 0 fully saturated rings. The molecule has 0 atom stereocenters. The fourth-order valence-electron chi connectivity index (χ4n) is 10.1. The lowest BCUT2D eigenvalue weighted by molar-refractivity contribution is 0.661. The zero-order chi connectivity index (χ0) is 42.1. The second-order valence-electron chi connectivity index (χ2n) is 17.3. The van der Waals surface area contributed by atoms with Gasteiger partial charge in [0.1, 0.15) is 0 Å². The zero-order valence-corrected chi connectivity index (χ0v) is 35.2. The Labute approximate surface area is 367 Å². The van der Waals surface area contributed by atoms with Crippen molar-refractivity contribution in [3.8, 4) is 78.4 Å². The number of benzene rings is 10. The first-order chi connectivity index (χ1) is 31.0. The van der Waals surface area contributed by atoms with Crippen LogP contribution in [0.1, 0.15) is 25.0 Å². The highest BCUT2D eigenvalue weighted by atomic mass is 14.9. The minimum Gasteiger partial charge on any atom is -0.228 e. The first-order valence-corrected chi connectivity index (χ1v) is 21.8. The third-order valence-electron chi connectivity index (χ3n) is 13.3. The SMILES string of the molecule is CC1(C)c2ccc(-c3ccc(-c4ccc(-c5nc(-c6ccccc6)cc(-c6ccc(-c7ccccc7)cc6)n5)c5ccccc45)c4ccccc34)cc2-c2c1ccc1ccccc21. The predicted octanol–water partition coefficient (Wildman–Crippen LogP) is 16.2. The average molecular weight is 803 g/mol. The van der Waals surface area contributed by atoms with Crippen molar-refractivity contribution in [3.05, 3.63) is 230 Å². The molecule has 0 unspecified atom stereocenters. The highest BCUT2D eigenvalue weighted by Gasteiger charge is 2.36. The molecular weight excluding hydrogens is 761 g/mol. The van der Waals surface area contributed by atoms with E-state index >= 15 is 0 Å². The van der Waals surface area contributed by atoms with E-state index in [9.17, 15) is 0 Å². The van der Waals surface area contributed by atoms with Crippen molar-refractivity contribution >= 4 is 32.3 Å². The van der Waals surface area contributed by atoms with Crippen LogP contribution in [-0.2, 0) is 5.41 Å². The van der Waals surface area contributed by atoms with Crippen LogP contribution in [0.4, 0.5) is 0 Å². The molecule has 2 heteroatoms. The molecular formula is C61H42N2. The van der Waals surface area contributed by atoms with Gasteiger partial charge in [-0.2, -0.15) is 0 Å². The summed E-state index contributed by atoms with van der Waals surface area (Å²) in [7, 11) is 0. The first kappa shape index (κ1) is 36.9. The average Bonchev–Trinajstić information content (AvgIpc) is 3.59. The van der Waals surface area contributed by atoms with Crippen molar-refractivity contribution in [1.82, 2.24) is 9.97 Å². The van der Waals surface area contributed by atoms with Crippen LogP contribution in [0.25, 0.3) is 111 Å². The standard InChI is InChI=1S/C61H42N2/c1-61(2)55-35-30-44(37-54(55)59-46-20-10-9-17-41(46)29-36-56(59)61)45-31-32-51(48-22-12-11-21-47(45)48)52-33-34-53(50-24-14-13-23-49(50)52)60-62-57(42-18-7-4-8-19-42)38-58(63-60)43-27-25-40(26-28-43)39-15-5-3-6-16-39/h3-38H,1-2H3. The molecule has 1 aliphatic carbocycles. The lowest BCUT2D eigenvalue weighted by atomic mass is 9.81. The van der Waals surface area contributed by atoms with Gasteiger partial charge in [-0.05, 0) is 106 Å². The number of aromatic nitrogens is 2. The second kappa shape index (κ2) is 14.6. The fourth-order valence-corrected chi connectivity index (χ4v) is 10.1. The smallest absolute Gasteiger partial charge is 0.161 e.